The quantitative estimate of drug-likeness (QED) is 0.721. The van der Waals surface area contributed by atoms with E-state index in [1.165, 1.54) is 0 Å². The van der Waals surface area contributed by atoms with Gasteiger partial charge < -0.3 is 5.32 Å². The van der Waals surface area contributed by atoms with Crippen molar-refractivity contribution in [3.63, 3.8) is 0 Å². The van der Waals surface area contributed by atoms with Crippen molar-refractivity contribution in [2.24, 2.45) is 5.41 Å². The van der Waals surface area contributed by atoms with Gasteiger partial charge in [0.05, 0.1) is 0 Å². The van der Waals surface area contributed by atoms with Crippen LogP contribution in [0.2, 0.25) is 0 Å². The largest absolute Gasteiger partial charge is 0.383 e. The molecule has 1 amide bonds. The van der Waals surface area contributed by atoms with Crippen LogP contribution in [0.25, 0.3) is 0 Å². The summed E-state index contributed by atoms with van der Waals surface area (Å²) < 4.78 is 48.4. The highest BCUT2D eigenvalue weighted by atomic mass is 19.3. The molecule has 0 rings (SSSR count). The maximum Gasteiger partial charge on any atom is 0.383 e. The van der Waals surface area contributed by atoms with Gasteiger partial charge in [-0.25, -0.2) is 8.78 Å². The summed E-state index contributed by atoms with van der Waals surface area (Å²) in [4.78, 5) is 10.7. The second kappa shape index (κ2) is 4.81. The van der Waals surface area contributed by atoms with Crippen molar-refractivity contribution < 1.29 is 22.4 Å². The fourth-order valence-electron chi connectivity index (χ4n) is 0.661. The fourth-order valence-corrected chi connectivity index (χ4v) is 0.661. The smallest absolute Gasteiger partial charge is 0.350 e. The molecule has 0 radical (unpaired) electrons. The molecule has 0 aromatic rings. The van der Waals surface area contributed by atoms with Crippen LogP contribution in [0, 0.1) is 5.41 Å². The van der Waals surface area contributed by atoms with Crippen molar-refractivity contribution in [1.29, 1.82) is 0 Å². The van der Waals surface area contributed by atoms with E-state index in [2.05, 4.69) is 0 Å². The van der Waals surface area contributed by atoms with Crippen molar-refractivity contribution >= 4 is 5.91 Å². The Morgan fingerprint density at radius 1 is 1.33 bits per heavy atom. The van der Waals surface area contributed by atoms with E-state index in [1.807, 2.05) is 12.2 Å². The molecule has 0 aliphatic rings. The molecule has 0 unspecified atom stereocenters. The van der Waals surface area contributed by atoms with E-state index in [1.54, 1.807) is 13.8 Å². The van der Waals surface area contributed by atoms with Crippen molar-refractivity contribution in [3.8, 4) is 0 Å². The number of nitrogens with one attached hydrogen (secondary N) is 1. The first-order chi connectivity index (χ1) is 6.63. The van der Waals surface area contributed by atoms with Gasteiger partial charge >= 0.3 is 12.3 Å². The number of hydrogen-bond acceptors (Lipinski definition) is 1. The molecule has 2 nitrogen and oxygen atoms in total. The van der Waals surface area contributed by atoms with Gasteiger partial charge in [-0.05, 0) is 11.8 Å². The van der Waals surface area contributed by atoms with Gasteiger partial charge in [-0.15, -0.1) is 0 Å². The molecule has 0 bridgehead atoms. The van der Waals surface area contributed by atoms with Gasteiger partial charge in [0.25, 0.3) is 5.91 Å². The van der Waals surface area contributed by atoms with Crippen LogP contribution in [0.3, 0.4) is 0 Å². The zero-order valence-electron chi connectivity index (χ0n) is 8.91. The van der Waals surface area contributed by atoms with Gasteiger partial charge in [-0.2, -0.15) is 8.78 Å². The predicted molar refractivity (Wildman–Crippen MR) is 48.0 cm³/mol. The van der Waals surface area contributed by atoms with Gasteiger partial charge in [0.1, 0.15) is 0 Å². The lowest BCUT2D eigenvalue weighted by Gasteiger charge is -2.24. The zero-order valence-corrected chi connectivity index (χ0v) is 8.91. The van der Waals surface area contributed by atoms with Crippen LogP contribution in [0.15, 0.2) is 0 Å². The first-order valence-electron chi connectivity index (χ1n) is 4.57. The van der Waals surface area contributed by atoms with Crippen LogP contribution in [0.5, 0.6) is 0 Å². The first kappa shape index (κ1) is 14.2. The molecule has 0 aliphatic heterocycles. The number of carbonyl (C=O) groups excluding carboxylic acids is 1. The van der Waals surface area contributed by atoms with Crippen molar-refractivity contribution in [3.05, 3.63) is 0 Å². The van der Waals surface area contributed by atoms with Gasteiger partial charge in [-0.1, -0.05) is 20.8 Å². The highest BCUT2D eigenvalue weighted by Gasteiger charge is 2.48. The first-order valence-corrected chi connectivity index (χ1v) is 4.57. The van der Waals surface area contributed by atoms with Crippen LogP contribution in [-0.4, -0.2) is 24.8 Å². The van der Waals surface area contributed by atoms with Gasteiger partial charge in [0, 0.05) is 6.54 Å². The number of rotatable bonds is 5. The van der Waals surface area contributed by atoms with Gasteiger partial charge in [0.2, 0.25) is 0 Å². The lowest BCUT2D eigenvalue weighted by atomic mass is 9.90. The third kappa shape index (κ3) is 4.05. The third-order valence-electron chi connectivity index (χ3n) is 2.26. The maximum absolute atomic E-state index is 12.5. The Morgan fingerprint density at radius 3 is 2.13 bits per heavy atom. The second-order valence-electron chi connectivity index (χ2n) is 4.12. The average Bonchev–Trinajstić information content (AvgIpc) is 2.14. The molecule has 0 saturated heterocycles. The summed E-state index contributed by atoms with van der Waals surface area (Å²) in [5, 5.41) is 1.83. The number of carbonyl (C=O) groups is 1. The molecule has 90 valence electrons. The molecule has 0 aromatic carbocycles. The minimum atomic E-state index is -4.61. The highest BCUT2D eigenvalue weighted by Crippen LogP contribution is 2.24. The standard InChI is InChI=1S/C9H15F4NO/c1-4-8(2,3)5-14-7(15)9(12,13)6(10)11/h6H,4-5H2,1-3H3,(H,14,15). The van der Waals surface area contributed by atoms with E-state index < -0.39 is 18.3 Å². The average molecular weight is 229 g/mol. The Morgan fingerprint density at radius 2 is 1.80 bits per heavy atom. The van der Waals surface area contributed by atoms with E-state index in [4.69, 9.17) is 0 Å². The Balaban J connectivity index is 4.28. The monoisotopic (exact) mass is 229 g/mol. The van der Waals surface area contributed by atoms with E-state index in [0.717, 1.165) is 0 Å². The normalized spacial score (nSPS) is 13.1. The molecular formula is C9H15F4NO. The summed E-state index contributed by atoms with van der Waals surface area (Å²) in [7, 11) is 0. The van der Waals surface area contributed by atoms with E-state index in [9.17, 15) is 22.4 Å². The van der Waals surface area contributed by atoms with Crippen molar-refractivity contribution in [1.82, 2.24) is 5.32 Å². The van der Waals surface area contributed by atoms with Gasteiger partial charge in [0.15, 0.2) is 0 Å². The van der Waals surface area contributed by atoms with Crippen LogP contribution in [0.1, 0.15) is 27.2 Å². The predicted octanol–water partition coefficient (Wildman–Crippen LogP) is 2.44. The van der Waals surface area contributed by atoms with Crippen LogP contribution < -0.4 is 5.32 Å². The summed E-state index contributed by atoms with van der Waals surface area (Å²) in [5.74, 6) is -6.52. The van der Waals surface area contributed by atoms with E-state index >= 15 is 0 Å². The molecule has 0 saturated carbocycles. The SMILES string of the molecule is CCC(C)(C)CNC(=O)C(F)(F)C(F)F. The lowest BCUT2D eigenvalue weighted by Crippen LogP contribution is -2.47. The minimum Gasteiger partial charge on any atom is -0.350 e. The van der Waals surface area contributed by atoms with Crippen LogP contribution in [0.4, 0.5) is 17.6 Å². The molecule has 0 aromatic heterocycles. The number of alkyl halides is 4. The Bertz CT molecular complexity index is 228. The lowest BCUT2D eigenvalue weighted by molar-refractivity contribution is -0.169. The van der Waals surface area contributed by atoms with E-state index in [0.29, 0.717) is 6.42 Å². The number of amides is 1. The number of halogens is 4. The number of hydrogen-bond donors (Lipinski definition) is 1. The molecule has 6 heteroatoms. The third-order valence-corrected chi connectivity index (χ3v) is 2.26. The summed E-state index contributed by atoms with van der Waals surface area (Å²) in [6.07, 6.45) is -3.32. The van der Waals surface area contributed by atoms with Gasteiger partial charge in [-0.3, -0.25) is 4.79 Å². The molecule has 0 fully saturated rings. The molecule has 0 spiro atoms. The summed E-state index contributed by atoms with van der Waals surface area (Å²) in [6, 6.07) is 0. The molecule has 0 heterocycles. The van der Waals surface area contributed by atoms with E-state index in [-0.39, 0.29) is 12.0 Å². The van der Waals surface area contributed by atoms with Crippen molar-refractivity contribution in [2.45, 2.75) is 39.5 Å². The molecule has 15 heavy (non-hydrogen) atoms. The minimum absolute atomic E-state index is 0.0509. The molecular weight excluding hydrogens is 214 g/mol. The highest BCUT2D eigenvalue weighted by molar-refractivity contribution is 5.83. The molecule has 1 N–H and O–H groups in total. The Hall–Kier alpha value is -0.810. The van der Waals surface area contributed by atoms with Crippen molar-refractivity contribution in [2.75, 3.05) is 6.54 Å². The fraction of sp³-hybridized carbons (Fsp3) is 0.889. The second-order valence-corrected chi connectivity index (χ2v) is 4.12. The van der Waals surface area contributed by atoms with Crippen LogP contribution in [-0.2, 0) is 4.79 Å². The Kier molecular flexibility index (Phi) is 4.55. The summed E-state index contributed by atoms with van der Waals surface area (Å²) >= 11 is 0. The zero-order chi connectivity index (χ0) is 12.3. The molecule has 0 atom stereocenters. The topological polar surface area (TPSA) is 29.1 Å². The van der Waals surface area contributed by atoms with Crippen LogP contribution >= 0.6 is 0 Å². The Labute approximate surface area is 86.0 Å². The summed E-state index contributed by atoms with van der Waals surface area (Å²) in [6.45, 7) is 5.25. The maximum atomic E-state index is 12.5. The molecule has 0 aliphatic carbocycles. The summed E-state index contributed by atoms with van der Waals surface area (Å²) in [5.41, 5.74) is -0.381.